The highest BCUT2D eigenvalue weighted by molar-refractivity contribution is 5.49. The number of rotatable bonds is 6. The third-order valence-corrected chi connectivity index (χ3v) is 2.53. The molecule has 0 aromatic carbocycles. The molecule has 0 fully saturated rings. The van der Waals surface area contributed by atoms with Gasteiger partial charge in [-0.2, -0.15) is 13.2 Å². The lowest BCUT2D eigenvalue weighted by Crippen LogP contribution is -2.35. The van der Waals surface area contributed by atoms with Gasteiger partial charge in [0.05, 0.1) is 25.1 Å². The molecule has 0 bridgehead atoms. The van der Waals surface area contributed by atoms with Crippen LogP contribution in [0.5, 0.6) is 0 Å². The molecule has 0 atom stereocenters. The third-order valence-electron chi connectivity index (χ3n) is 2.53. The number of aromatic nitrogens is 1. The minimum Gasteiger partial charge on any atom is -0.461 e. The molecule has 8 heteroatoms. The molecule has 1 N–H and O–H groups in total. The fourth-order valence-electron chi connectivity index (χ4n) is 1.76. The topological polar surface area (TPSA) is 62.6 Å². The smallest absolute Gasteiger partial charge is 0.401 e. The Morgan fingerprint density at radius 2 is 2.10 bits per heavy atom. The van der Waals surface area contributed by atoms with Crippen LogP contribution in [-0.4, -0.2) is 41.0 Å². The van der Waals surface area contributed by atoms with Gasteiger partial charge < -0.3 is 14.0 Å². The SMILES string of the molecule is OCCN(Cc1cc(-c2ccco2)on1)CC(F)(F)F. The average molecular weight is 290 g/mol. The first-order valence-corrected chi connectivity index (χ1v) is 5.87. The lowest BCUT2D eigenvalue weighted by Gasteiger charge is -2.21. The van der Waals surface area contributed by atoms with Gasteiger partial charge in [-0.3, -0.25) is 4.90 Å². The second-order valence-electron chi connectivity index (χ2n) is 4.21. The van der Waals surface area contributed by atoms with Crippen LogP contribution in [0.4, 0.5) is 13.2 Å². The monoisotopic (exact) mass is 290 g/mol. The first-order chi connectivity index (χ1) is 9.48. The molecule has 5 nitrogen and oxygen atoms in total. The molecule has 2 heterocycles. The van der Waals surface area contributed by atoms with Crippen LogP contribution >= 0.6 is 0 Å². The summed E-state index contributed by atoms with van der Waals surface area (Å²) in [6, 6.07) is 4.84. The fourth-order valence-corrected chi connectivity index (χ4v) is 1.76. The molecule has 0 spiro atoms. The van der Waals surface area contributed by atoms with Gasteiger partial charge in [0, 0.05) is 19.2 Å². The largest absolute Gasteiger partial charge is 0.461 e. The van der Waals surface area contributed by atoms with Gasteiger partial charge in [-0.15, -0.1) is 0 Å². The Morgan fingerprint density at radius 1 is 1.30 bits per heavy atom. The van der Waals surface area contributed by atoms with E-state index in [1.54, 1.807) is 12.1 Å². The predicted octanol–water partition coefficient (Wildman–Crippen LogP) is 2.29. The van der Waals surface area contributed by atoms with Gasteiger partial charge in [-0.1, -0.05) is 5.16 Å². The van der Waals surface area contributed by atoms with Gasteiger partial charge >= 0.3 is 6.18 Å². The van der Waals surface area contributed by atoms with Crippen molar-refractivity contribution in [1.29, 1.82) is 0 Å². The molecule has 2 aromatic rings. The fraction of sp³-hybridized carbons (Fsp3) is 0.417. The van der Waals surface area contributed by atoms with Crippen molar-refractivity contribution in [3.8, 4) is 11.5 Å². The van der Waals surface area contributed by atoms with Gasteiger partial charge in [0.2, 0.25) is 5.76 Å². The molecular formula is C12H13F3N2O3. The maximum Gasteiger partial charge on any atom is 0.401 e. The summed E-state index contributed by atoms with van der Waals surface area (Å²) in [5, 5.41) is 12.5. The normalized spacial score (nSPS) is 12.2. The molecule has 110 valence electrons. The van der Waals surface area contributed by atoms with Crippen molar-refractivity contribution < 1.29 is 27.2 Å². The number of hydrogen-bond donors (Lipinski definition) is 1. The Morgan fingerprint density at radius 3 is 2.70 bits per heavy atom. The van der Waals surface area contributed by atoms with Gasteiger partial charge in [0.25, 0.3) is 0 Å². The Hall–Kier alpha value is -1.80. The van der Waals surface area contributed by atoms with Gasteiger partial charge in [-0.25, -0.2) is 0 Å². The highest BCUT2D eigenvalue weighted by atomic mass is 19.4. The van der Waals surface area contributed by atoms with E-state index in [-0.39, 0.29) is 19.7 Å². The number of aliphatic hydroxyl groups is 1. The van der Waals surface area contributed by atoms with Crippen LogP contribution in [-0.2, 0) is 6.54 Å². The summed E-state index contributed by atoms with van der Waals surface area (Å²) in [7, 11) is 0. The number of halogens is 3. The van der Waals surface area contributed by atoms with Crippen LogP contribution in [0.1, 0.15) is 5.69 Å². The minimum atomic E-state index is -4.33. The molecule has 0 saturated carbocycles. The Bertz CT molecular complexity index is 522. The average Bonchev–Trinajstić information content (AvgIpc) is 2.96. The summed E-state index contributed by atoms with van der Waals surface area (Å²) in [6.45, 7) is -1.64. The van der Waals surface area contributed by atoms with E-state index in [1.807, 2.05) is 0 Å². The number of hydrogen-bond acceptors (Lipinski definition) is 5. The Labute approximate surface area is 112 Å². The van der Waals surface area contributed by atoms with Gasteiger partial charge in [0.1, 0.15) is 0 Å². The molecular weight excluding hydrogens is 277 g/mol. The first-order valence-electron chi connectivity index (χ1n) is 5.87. The van der Waals surface area contributed by atoms with E-state index in [4.69, 9.17) is 14.0 Å². The Balaban J connectivity index is 2.03. The molecule has 0 unspecified atom stereocenters. The van der Waals surface area contributed by atoms with Crippen molar-refractivity contribution in [2.24, 2.45) is 0 Å². The molecule has 0 saturated heterocycles. The third kappa shape index (κ3) is 4.10. The lowest BCUT2D eigenvalue weighted by atomic mass is 10.3. The summed E-state index contributed by atoms with van der Waals surface area (Å²) < 4.78 is 47.2. The minimum absolute atomic E-state index is 0.0652. The van der Waals surface area contributed by atoms with Crippen LogP contribution in [0.25, 0.3) is 11.5 Å². The first kappa shape index (κ1) is 14.6. The van der Waals surface area contributed by atoms with E-state index in [1.165, 1.54) is 12.3 Å². The Kier molecular flexibility index (Phi) is 4.46. The zero-order chi connectivity index (χ0) is 14.6. The van der Waals surface area contributed by atoms with Crippen LogP contribution in [0.3, 0.4) is 0 Å². The molecule has 0 aliphatic rings. The lowest BCUT2D eigenvalue weighted by molar-refractivity contribution is -0.148. The highest BCUT2D eigenvalue weighted by Crippen LogP contribution is 2.22. The second-order valence-corrected chi connectivity index (χ2v) is 4.21. The van der Waals surface area contributed by atoms with E-state index in [0.717, 1.165) is 4.90 Å². The molecule has 20 heavy (non-hydrogen) atoms. The van der Waals surface area contributed by atoms with Crippen molar-refractivity contribution in [3.05, 3.63) is 30.2 Å². The molecule has 0 amide bonds. The number of aliphatic hydroxyl groups excluding tert-OH is 1. The van der Waals surface area contributed by atoms with Crippen LogP contribution in [0.2, 0.25) is 0 Å². The van der Waals surface area contributed by atoms with Crippen LogP contribution < -0.4 is 0 Å². The van der Waals surface area contributed by atoms with Crippen molar-refractivity contribution in [2.45, 2.75) is 12.7 Å². The van der Waals surface area contributed by atoms with Crippen LogP contribution in [0, 0.1) is 0 Å². The summed E-state index contributed by atoms with van der Waals surface area (Å²) >= 11 is 0. The second kappa shape index (κ2) is 6.10. The molecule has 0 radical (unpaired) electrons. The maximum absolute atomic E-state index is 12.4. The number of furan rings is 1. The molecule has 2 aromatic heterocycles. The molecule has 2 rings (SSSR count). The van der Waals surface area contributed by atoms with Crippen LogP contribution in [0.15, 0.2) is 33.4 Å². The summed E-state index contributed by atoms with van der Waals surface area (Å²) in [5.41, 5.74) is 0.342. The summed E-state index contributed by atoms with van der Waals surface area (Å²) in [6.07, 6.45) is -2.87. The van der Waals surface area contributed by atoms with E-state index >= 15 is 0 Å². The van der Waals surface area contributed by atoms with E-state index in [0.29, 0.717) is 17.2 Å². The maximum atomic E-state index is 12.4. The number of alkyl halides is 3. The summed E-state index contributed by atoms with van der Waals surface area (Å²) in [5.74, 6) is 0.800. The molecule has 0 aliphatic heterocycles. The van der Waals surface area contributed by atoms with Gasteiger partial charge in [0.15, 0.2) is 5.76 Å². The highest BCUT2D eigenvalue weighted by Gasteiger charge is 2.30. The standard InChI is InChI=1S/C12H13F3N2O3/c13-12(14,15)8-17(3-4-18)7-9-6-11(20-16-9)10-2-1-5-19-10/h1-2,5-6,18H,3-4,7-8H2. The summed E-state index contributed by atoms with van der Waals surface area (Å²) in [4.78, 5) is 1.05. The van der Waals surface area contributed by atoms with Crippen molar-refractivity contribution in [3.63, 3.8) is 0 Å². The van der Waals surface area contributed by atoms with Crippen molar-refractivity contribution in [1.82, 2.24) is 10.1 Å². The zero-order valence-electron chi connectivity index (χ0n) is 10.4. The quantitative estimate of drug-likeness (QED) is 0.884. The zero-order valence-corrected chi connectivity index (χ0v) is 10.4. The van der Waals surface area contributed by atoms with Crippen molar-refractivity contribution in [2.75, 3.05) is 19.7 Å². The van der Waals surface area contributed by atoms with Crippen molar-refractivity contribution >= 4 is 0 Å². The number of nitrogens with zero attached hydrogens (tertiary/aromatic N) is 2. The van der Waals surface area contributed by atoms with E-state index in [9.17, 15) is 13.2 Å². The molecule has 0 aliphatic carbocycles. The van der Waals surface area contributed by atoms with E-state index in [2.05, 4.69) is 5.16 Å². The van der Waals surface area contributed by atoms with Gasteiger partial charge in [-0.05, 0) is 12.1 Å². The predicted molar refractivity (Wildman–Crippen MR) is 62.6 cm³/mol. The van der Waals surface area contributed by atoms with E-state index < -0.39 is 12.7 Å².